The number of halogens is 1. The number of anilines is 1. The Morgan fingerprint density at radius 1 is 1.14 bits per heavy atom. The summed E-state index contributed by atoms with van der Waals surface area (Å²) in [5.74, 6) is 0.0476. The van der Waals surface area contributed by atoms with Gasteiger partial charge in [-0.2, -0.15) is 0 Å². The zero-order valence-corrected chi connectivity index (χ0v) is 17.4. The van der Waals surface area contributed by atoms with Crippen molar-refractivity contribution in [3.8, 4) is 5.75 Å². The molecule has 29 heavy (non-hydrogen) atoms. The minimum absolute atomic E-state index is 0.264. The molecule has 0 saturated carbocycles. The first-order chi connectivity index (χ1) is 14.1. The van der Waals surface area contributed by atoms with Gasteiger partial charge < -0.3 is 4.74 Å². The highest BCUT2D eigenvalue weighted by atomic mass is 32.2. The van der Waals surface area contributed by atoms with E-state index in [1.165, 1.54) is 28.8 Å². The van der Waals surface area contributed by atoms with Gasteiger partial charge in [0.05, 0.1) is 17.2 Å². The van der Waals surface area contributed by atoms with E-state index < -0.39 is 5.82 Å². The molecule has 0 radical (unpaired) electrons. The van der Waals surface area contributed by atoms with Crippen molar-refractivity contribution in [3.63, 3.8) is 0 Å². The van der Waals surface area contributed by atoms with Gasteiger partial charge in [0.15, 0.2) is 4.32 Å². The van der Waals surface area contributed by atoms with Gasteiger partial charge in [-0.1, -0.05) is 67.3 Å². The van der Waals surface area contributed by atoms with Crippen LogP contribution in [0.5, 0.6) is 5.75 Å². The highest BCUT2D eigenvalue weighted by Crippen LogP contribution is 2.39. The first-order valence-electron chi connectivity index (χ1n) is 9.26. The molecular formula is C23H18FNO2S2. The minimum Gasteiger partial charge on any atom is -0.493 e. The summed E-state index contributed by atoms with van der Waals surface area (Å²) in [5.41, 5.74) is 1.27. The fourth-order valence-electron chi connectivity index (χ4n) is 3.20. The summed E-state index contributed by atoms with van der Waals surface area (Å²) in [5, 5.41) is 2.06. The molecule has 146 valence electrons. The monoisotopic (exact) mass is 423 g/mol. The summed E-state index contributed by atoms with van der Waals surface area (Å²) in [7, 11) is 0. The number of fused-ring (bicyclic) bond motifs is 1. The Kier molecular flexibility index (Phi) is 5.65. The van der Waals surface area contributed by atoms with Crippen LogP contribution in [-0.2, 0) is 4.79 Å². The quantitative estimate of drug-likeness (QED) is 0.362. The van der Waals surface area contributed by atoms with E-state index in [0.29, 0.717) is 21.5 Å². The van der Waals surface area contributed by atoms with E-state index in [2.05, 4.69) is 0 Å². The van der Waals surface area contributed by atoms with Crippen LogP contribution in [0.1, 0.15) is 18.9 Å². The number of rotatable bonds is 5. The lowest BCUT2D eigenvalue weighted by Crippen LogP contribution is -2.27. The summed E-state index contributed by atoms with van der Waals surface area (Å²) >= 11 is 6.62. The van der Waals surface area contributed by atoms with Crippen LogP contribution >= 0.6 is 24.0 Å². The Morgan fingerprint density at radius 2 is 1.97 bits per heavy atom. The average molecular weight is 424 g/mol. The van der Waals surface area contributed by atoms with Gasteiger partial charge in [0, 0.05) is 5.56 Å². The third-order valence-corrected chi connectivity index (χ3v) is 5.83. The maximum absolute atomic E-state index is 13.6. The van der Waals surface area contributed by atoms with Gasteiger partial charge in [-0.05, 0) is 47.5 Å². The second-order valence-electron chi connectivity index (χ2n) is 6.54. The highest BCUT2D eigenvalue weighted by Gasteiger charge is 2.33. The molecule has 3 nitrogen and oxygen atoms in total. The van der Waals surface area contributed by atoms with Gasteiger partial charge in [-0.25, -0.2) is 4.39 Å². The fraction of sp³-hybridized carbons (Fsp3) is 0.130. The molecule has 3 aromatic rings. The third kappa shape index (κ3) is 3.91. The van der Waals surface area contributed by atoms with E-state index in [1.807, 2.05) is 49.4 Å². The molecule has 0 spiro atoms. The van der Waals surface area contributed by atoms with Crippen molar-refractivity contribution in [1.82, 2.24) is 0 Å². The normalized spacial score (nSPS) is 15.5. The standard InChI is InChI=1S/C23H18FNO2S2/c1-2-12-27-20-11-10-15-6-3-4-9-18(15)19(20)14-21-22(26)25(23(28)29-21)17-8-5-7-16(24)13-17/h3-11,13-14H,2,12H2,1H3/b21-14+. The van der Waals surface area contributed by atoms with Crippen molar-refractivity contribution in [2.75, 3.05) is 11.5 Å². The molecule has 1 aliphatic rings. The molecule has 0 N–H and O–H groups in total. The van der Waals surface area contributed by atoms with Crippen LogP contribution in [0.25, 0.3) is 16.8 Å². The molecular weight excluding hydrogens is 405 g/mol. The van der Waals surface area contributed by atoms with Crippen molar-refractivity contribution >= 4 is 56.7 Å². The number of thiocarbonyl (C=S) groups is 1. The maximum atomic E-state index is 13.6. The highest BCUT2D eigenvalue weighted by molar-refractivity contribution is 8.27. The Morgan fingerprint density at radius 3 is 2.76 bits per heavy atom. The van der Waals surface area contributed by atoms with E-state index in [9.17, 15) is 9.18 Å². The molecule has 0 unspecified atom stereocenters. The lowest BCUT2D eigenvalue weighted by molar-refractivity contribution is -0.113. The number of amides is 1. The van der Waals surface area contributed by atoms with Crippen LogP contribution in [0.15, 0.2) is 65.6 Å². The van der Waals surface area contributed by atoms with E-state index in [-0.39, 0.29) is 5.91 Å². The zero-order chi connectivity index (χ0) is 20.4. The molecule has 1 fully saturated rings. The predicted molar refractivity (Wildman–Crippen MR) is 122 cm³/mol. The lowest BCUT2D eigenvalue weighted by atomic mass is 10.0. The van der Waals surface area contributed by atoms with Crippen molar-refractivity contribution in [1.29, 1.82) is 0 Å². The van der Waals surface area contributed by atoms with Crippen LogP contribution in [0.3, 0.4) is 0 Å². The molecule has 0 atom stereocenters. The second kappa shape index (κ2) is 8.35. The van der Waals surface area contributed by atoms with Gasteiger partial charge in [-0.15, -0.1) is 0 Å². The predicted octanol–water partition coefficient (Wildman–Crippen LogP) is 6.17. The van der Waals surface area contributed by atoms with Crippen molar-refractivity contribution < 1.29 is 13.9 Å². The molecule has 4 rings (SSSR count). The van der Waals surface area contributed by atoms with Crippen LogP contribution in [0.2, 0.25) is 0 Å². The lowest BCUT2D eigenvalue weighted by Gasteiger charge is -2.14. The number of nitrogens with zero attached hydrogens (tertiary/aromatic N) is 1. The van der Waals surface area contributed by atoms with Gasteiger partial charge in [0.2, 0.25) is 0 Å². The number of benzene rings is 3. The smallest absolute Gasteiger partial charge is 0.270 e. The molecule has 1 heterocycles. The fourth-order valence-corrected chi connectivity index (χ4v) is 4.48. The topological polar surface area (TPSA) is 29.5 Å². The summed E-state index contributed by atoms with van der Waals surface area (Å²) in [6.07, 6.45) is 2.71. The van der Waals surface area contributed by atoms with Crippen LogP contribution in [-0.4, -0.2) is 16.8 Å². The SMILES string of the molecule is CCCOc1ccc2ccccc2c1/C=C1/SC(=S)N(c2cccc(F)c2)C1=O. The number of ether oxygens (including phenoxy) is 1. The maximum Gasteiger partial charge on any atom is 0.270 e. The largest absolute Gasteiger partial charge is 0.493 e. The van der Waals surface area contributed by atoms with Crippen molar-refractivity contribution in [2.45, 2.75) is 13.3 Å². The molecule has 1 aliphatic heterocycles. The summed E-state index contributed by atoms with van der Waals surface area (Å²) in [6.45, 7) is 2.63. The Labute approximate surface area is 178 Å². The van der Waals surface area contributed by atoms with Gasteiger partial charge in [0.25, 0.3) is 5.91 Å². The number of hydrogen-bond donors (Lipinski definition) is 0. The third-order valence-electron chi connectivity index (χ3n) is 4.53. The molecule has 1 saturated heterocycles. The number of hydrogen-bond acceptors (Lipinski definition) is 4. The summed E-state index contributed by atoms with van der Waals surface area (Å²) < 4.78 is 20.0. The van der Waals surface area contributed by atoms with Gasteiger partial charge in [-0.3, -0.25) is 9.69 Å². The number of carbonyl (C=O) groups is 1. The summed E-state index contributed by atoms with van der Waals surface area (Å²) in [6, 6.07) is 17.8. The molecule has 1 amide bonds. The minimum atomic E-state index is -0.412. The van der Waals surface area contributed by atoms with Crippen LogP contribution < -0.4 is 9.64 Å². The zero-order valence-electron chi connectivity index (χ0n) is 15.7. The van der Waals surface area contributed by atoms with Gasteiger partial charge >= 0.3 is 0 Å². The van der Waals surface area contributed by atoms with E-state index in [0.717, 1.165) is 28.5 Å². The molecule has 0 aliphatic carbocycles. The first kappa shape index (κ1) is 19.6. The summed E-state index contributed by atoms with van der Waals surface area (Å²) in [4.78, 5) is 14.9. The van der Waals surface area contributed by atoms with Crippen molar-refractivity contribution in [3.05, 3.63) is 76.9 Å². The average Bonchev–Trinajstić information content (AvgIpc) is 3.00. The Bertz CT molecular complexity index is 1140. The molecule has 0 bridgehead atoms. The van der Waals surface area contributed by atoms with Crippen molar-refractivity contribution in [2.24, 2.45) is 0 Å². The first-order valence-corrected chi connectivity index (χ1v) is 10.5. The van der Waals surface area contributed by atoms with E-state index >= 15 is 0 Å². The molecule has 3 aromatic carbocycles. The van der Waals surface area contributed by atoms with Gasteiger partial charge in [0.1, 0.15) is 11.6 Å². The van der Waals surface area contributed by atoms with E-state index in [4.69, 9.17) is 17.0 Å². The number of carbonyl (C=O) groups excluding carboxylic acids is 1. The second-order valence-corrected chi connectivity index (χ2v) is 8.22. The molecule has 0 aromatic heterocycles. The number of thioether (sulfide) groups is 1. The van der Waals surface area contributed by atoms with Crippen LogP contribution in [0, 0.1) is 5.82 Å². The molecule has 6 heteroatoms. The Balaban J connectivity index is 1.79. The van der Waals surface area contributed by atoms with E-state index in [1.54, 1.807) is 12.1 Å². The Hall–Kier alpha value is -2.70. The van der Waals surface area contributed by atoms with Crippen LogP contribution in [0.4, 0.5) is 10.1 Å².